The Kier molecular flexibility index (Phi) is 5.91. The first-order chi connectivity index (χ1) is 17.7. The Balaban J connectivity index is 1.31. The molecule has 0 saturated heterocycles. The topological polar surface area (TPSA) is 58.2 Å². The minimum absolute atomic E-state index is 0.0495. The molecule has 0 spiro atoms. The van der Waals surface area contributed by atoms with Crippen LogP contribution in [-0.2, 0) is 4.79 Å². The van der Waals surface area contributed by atoms with Crippen LogP contribution in [0.2, 0.25) is 0 Å². The van der Waals surface area contributed by atoms with E-state index in [1.54, 1.807) is 5.57 Å². The number of carbonyl (C=O) groups is 2. The van der Waals surface area contributed by atoms with Crippen molar-refractivity contribution in [3.05, 3.63) is 11.1 Å². The molecule has 2 N–H and O–H groups in total. The molecule has 6 aliphatic rings. The highest BCUT2D eigenvalue weighted by Gasteiger charge is 2.69. The van der Waals surface area contributed by atoms with E-state index in [-0.39, 0.29) is 28.3 Å². The largest absolute Gasteiger partial charge is 0.335 e. The first-order valence-corrected chi connectivity index (χ1v) is 16.0. The molecular formula is C34H54N2O2. The quantitative estimate of drug-likeness (QED) is 0.397. The van der Waals surface area contributed by atoms with Gasteiger partial charge in [-0.2, -0.15) is 0 Å². The van der Waals surface area contributed by atoms with Crippen LogP contribution in [0.25, 0.3) is 0 Å². The second kappa shape index (κ2) is 8.35. The predicted octanol–water partition coefficient (Wildman–Crippen LogP) is 7.82. The van der Waals surface area contributed by atoms with Gasteiger partial charge in [0, 0.05) is 18.5 Å². The van der Waals surface area contributed by atoms with E-state index in [1.165, 1.54) is 50.5 Å². The van der Waals surface area contributed by atoms with E-state index in [2.05, 4.69) is 66.0 Å². The van der Waals surface area contributed by atoms with Crippen LogP contribution in [0.3, 0.4) is 0 Å². The van der Waals surface area contributed by atoms with Gasteiger partial charge in [0.1, 0.15) is 0 Å². The smallest absolute Gasteiger partial charge is 0.315 e. The van der Waals surface area contributed by atoms with Crippen molar-refractivity contribution in [3.63, 3.8) is 0 Å². The van der Waals surface area contributed by atoms with Crippen molar-refractivity contribution in [2.75, 3.05) is 0 Å². The highest BCUT2D eigenvalue weighted by atomic mass is 16.2. The summed E-state index contributed by atoms with van der Waals surface area (Å²) in [5.41, 5.74) is 3.84. The van der Waals surface area contributed by atoms with Crippen molar-refractivity contribution >= 4 is 11.8 Å². The number of ketones is 1. The SMILES string of the molecule is CC(C)C1=C2[C@H]3CC[C@@H]4[C@@]5(C)CCC(NC(=O)NC6CC6)C(C)(C)[C@@H]5CC[C@@]4(C)[C@]3(C)CC[C@@]2(C)CC1=O. The van der Waals surface area contributed by atoms with Gasteiger partial charge in [0.05, 0.1) is 0 Å². The summed E-state index contributed by atoms with van der Waals surface area (Å²) in [6.07, 6.45) is 12.8. The highest BCUT2D eigenvalue weighted by Crippen LogP contribution is 2.76. The van der Waals surface area contributed by atoms with E-state index in [4.69, 9.17) is 0 Å². The summed E-state index contributed by atoms with van der Waals surface area (Å²) in [5, 5.41) is 6.59. The fourth-order valence-electron chi connectivity index (χ4n) is 11.8. The molecule has 0 aromatic rings. The lowest BCUT2D eigenvalue weighted by molar-refractivity contribution is -0.215. The maximum absolute atomic E-state index is 13.3. The first-order valence-electron chi connectivity index (χ1n) is 16.0. The molecule has 6 rings (SSSR count). The molecule has 5 fully saturated rings. The number of urea groups is 1. The summed E-state index contributed by atoms with van der Waals surface area (Å²) in [5.74, 6) is 2.67. The fourth-order valence-corrected chi connectivity index (χ4v) is 11.8. The molecule has 5 saturated carbocycles. The molecular weight excluding hydrogens is 468 g/mol. The first kappa shape index (κ1) is 26.9. The van der Waals surface area contributed by atoms with E-state index < -0.39 is 0 Å². The molecule has 0 heterocycles. The predicted molar refractivity (Wildman–Crippen MR) is 154 cm³/mol. The molecule has 4 heteroatoms. The summed E-state index contributed by atoms with van der Waals surface area (Å²) < 4.78 is 0. The van der Waals surface area contributed by atoms with Crippen LogP contribution in [0.4, 0.5) is 4.79 Å². The molecule has 8 atom stereocenters. The van der Waals surface area contributed by atoms with Gasteiger partial charge in [-0.3, -0.25) is 4.79 Å². The number of hydrogen-bond acceptors (Lipinski definition) is 2. The van der Waals surface area contributed by atoms with Crippen LogP contribution in [0, 0.1) is 50.7 Å². The standard InChI is InChI=1S/C34H54N2O2/c1-20(2)27-23(37)19-31(5)17-18-33(7)22(28(27)31)11-12-25-32(6)15-14-26(36-29(38)35-21-9-10-21)30(3,4)24(32)13-16-34(25,33)8/h20-22,24-26H,9-19H2,1-8H3,(H2,35,36,38)/t22-,24+,25-,26?,31+,32+,33-,34-/m1/s1. The molecule has 4 nitrogen and oxygen atoms in total. The number of carbonyl (C=O) groups excluding carboxylic acids is 2. The number of hydrogen-bond donors (Lipinski definition) is 2. The number of nitrogens with one attached hydrogen (secondary N) is 2. The molecule has 6 aliphatic carbocycles. The monoisotopic (exact) mass is 522 g/mol. The minimum atomic E-state index is 0.0495. The third kappa shape index (κ3) is 3.52. The van der Waals surface area contributed by atoms with Gasteiger partial charge in [-0.1, -0.05) is 61.0 Å². The lowest BCUT2D eigenvalue weighted by Gasteiger charge is -2.72. The van der Waals surface area contributed by atoms with Gasteiger partial charge < -0.3 is 10.6 Å². The van der Waals surface area contributed by atoms with Crippen LogP contribution in [-0.4, -0.2) is 23.9 Å². The lowest BCUT2D eigenvalue weighted by atomic mass is 9.33. The van der Waals surface area contributed by atoms with Gasteiger partial charge in [-0.25, -0.2) is 4.79 Å². The Morgan fingerprint density at radius 3 is 2.16 bits per heavy atom. The van der Waals surface area contributed by atoms with Crippen molar-refractivity contribution < 1.29 is 9.59 Å². The molecule has 0 aromatic carbocycles. The third-order valence-corrected chi connectivity index (χ3v) is 14.0. The molecule has 0 radical (unpaired) electrons. The minimum Gasteiger partial charge on any atom is -0.335 e. The Labute approximate surface area is 231 Å². The van der Waals surface area contributed by atoms with Gasteiger partial charge in [-0.05, 0) is 121 Å². The average molecular weight is 523 g/mol. The van der Waals surface area contributed by atoms with E-state index in [0.29, 0.717) is 46.3 Å². The van der Waals surface area contributed by atoms with Crippen molar-refractivity contribution in [2.45, 2.75) is 138 Å². The fraction of sp³-hybridized carbons (Fsp3) is 0.882. The molecule has 0 aromatic heterocycles. The molecule has 0 bridgehead atoms. The van der Waals surface area contributed by atoms with Gasteiger partial charge in [0.25, 0.3) is 0 Å². The van der Waals surface area contributed by atoms with E-state index in [0.717, 1.165) is 25.7 Å². The Morgan fingerprint density at radius 1 is 0.789 bits per heavy atom. The van der Waals surface area contributed by atoms with Crippen molar-refractivity contribution in [1.82, 2.24) is 10.6 Å². The Bertz CT molecular complexity index is 1070. The number of rotatable bonds is 3. The van der Waals surface area contributed by atoms with E-state index in [1.807, 2.05) is 0 Å². The summed E-state index contributed by atoms with van der Waals surface area (Å²) in [6, 6.07) is 0.694. The zero-order valence-electron chi connectivity index (χ0n) is 25.6. The van der Waals surface area contributed by atoms with Crippen LogP contribution >= 0.6 is 0 Å². The molecule has 38 heavy (non-hydrogen) atoms. The summed E-state index contributed by atoms with van der Waals surface area (Å²) in [7, 11) is 0. The second-order valence-corrected chi connectivity index (χ2v) is 16.6. The number of allylic oxidation sites excluding steroid dienone is 2. The van der Waals surface area contributed by atoms with Gasteiger partial charge in [0.15, 0.2) is 5.78 Å². The van der Waals surface area contributed by atoms with Crippen molar-refractivity contribution in [3.8, 4) is 0 Å². The summed E-state index contributed by atoms with van der Waals surface area (Å²) in [6.45, 7) is 19.7. The summed E-state index contributed by atoms with van der Waals surface area (Å²) >= 11 is 0. The van der Waals surface area contributed by atoms with E-state index in [9.17, 15) is 9.59 Å². The lowest BCUT2D eigenvalue weighted by Crippen LogP contribution is -2.67. The molecule has 1 unspecified atom stereocenters. The van der Waals surface area contributed by atoms with E-state index >= 15 is 0 Å². The van der Waals surface area contributed by atoms with Crippen molar-refractivity contribution in [2.24, 2.45) is 50.7 Å². The van der Waals surface area contributed by atoms with Gasteiger partial charge in [0.2, 0.25) is 0 Å². The normalized spacial score (nSPS) is 47.7. The van der Waals surface area contributed by atoms with Crippen LogP contribution in [0.15, 0.2) is 11.1 Å². The maximum Gasteiger partial charge on any atom is 0.315 e. The molecule has 212 valence electrons. The highest BCUT2D eigenvalue weighted by molar-refractivity contribution is 6.00. The van der Waals surface area contributed by atoms with Crippen LogP contribution in [0.5, 0.6) is 0 Å². The number of Topliss-reactive ketones (excluding diaryl/α,β-unsaturated/α-hetero) is 1. The zero-order valence-corrected chi connectivity index (χ0v) is 25.6. The van der Waals surface area contributed by atoms with Crippen molar-refractivity contribution in [1.29, 1.82) is 0 Å². The Hall–Kier alpha value is -1.32. The number of fused-ring (bicyclic) bond motifs is 7. The Morgan fingerprint density at radius 2 is 1.50 bits per heavy atom. The molecule has 0 aliphatic heterocycles. The summed E-state index contributed by atoms with van der Waals surface area (Å²) in [4.78, 5) is 26.0. The van der Waals surface area contributed by atoms with Crippen LogP contribution in [0.1, 0.15) is 126 Å². The van der Waals surface area contributed by atoms with Crippen LogP contribution < -0.4 is 10.6 Å². The van der Waals surface area contributed by atoms with Gasteiger partial charge >= 0.3 is 6.03 Å². The second-order valence-electron chi connectivity index (χ2n) is 16.6. The van der Waals surface area contributed by atoms with Gasteiger partial charge in [-0.15, -0.1) is 0 Å². The average Bonchev–Trinajstić information content (AvgIpc) is 3.57. The number of amides is 2. The zero-order chi connectivity index (χ0) is 27.5. The molecule has 2 amide bonds. The maximum atomic E-state index is 13.3. The third-order valence-electron chi connectivity index (χ3n) is 14.0.